The molecular weight excluding hydrogens is 599 g/mol. The van der Waals surface area contributed by atoms with Crippen LogP contribution in [0.4, 0.5) is 0 Å². The van der Waals surface area contributed by atoms with Gasteiger partial charge in [-0.1, -0.05) is 125 Å². The Kier molecular flexibility index (Phi) is 6.57. The van der Waals surface area contributed by atoms with Crippen LogP contribution in [0.3, 0.4) is 0 Å². The van der Waals surface area contributed by atoms with E-state index in [1.165, 1.54) is 33.0 Å². The SMILES string of the molecule is CC1(C)c2ccccc2-c2c(ccc3c2c2ccccc2n3-c2ccc(-c3nc(C4=CC=CCC4)nc(-c4ccccc4)n3)cn2)C1(C)C. The van der Waals surface area contributed by atoms with Gasteiger partial charge in [0.2, 0.25) is 0 Å². The molecule has 0 radical (unpaired) electrons. The molecule has 3 heterocycles. The molecular formula is C44H37N5. The molecule has 5 heteroatoms. The van der Waals surface area contributed by atoms with Gasteiger partial charge < -0.3 is 0 Å². The largest absolute Gasteiger partial charge is 0.294 e. The minimum atomic E-state index is -0.0695. The molecule has 3 aromatic heterocycles. The monoisotopic (exact) mass is 635 g/mol. The van der Waals surface area contributed by atoms with Gasteiger partial charge in [0.15, 0.2) is 17.5 Å². The predicted molar refractivity (Wildman–Crippen MR) is 201 cm³/mol. The first-order chi connectivity index (χ1) is 23.8. The topological polar surface area (TPSA) is 56.5 Å². The number of rotatable bonds is 4. The molecule has 2 aliphatic rings. The number of fused-ring (bicyclic) bond motifs is 7. The van der Waals surface area contributed by atoms with Crippen molar-refractivity contribution in [3.8, 4) is 39.7 Å². The summed E-state index contributed by atoms with van der Waals surface area (Å²) < 4.78 is 2.30. The molecule has 238 valence electrons. The lowest BCUT2D eigenvalue weighted by Gasteiger charge is -2.48. The second-order valence-corrected chi connectivity index (χ2v) is 14.3. The van der Waals surface area contributed by atoms with Crippen LogP contribution >= 0.6 is 0 Å². The molecule has 2 aliphatic carbocycles. The number of pyridine rings is 1. The predicted octanol–water partition coefficient (Wildman–Crippen LogP) is 10.7. The van der Waals surface area contributed by atoms with Crippen molar-refractivity contribution in [1.29, 1.82) is 0 Å². The Hall–Kier alpha value is -5.68. The van der Waals surface area contributed by atoms with Gasteiger partial charge in [0.25, 0.3) is 0 Å². The number of aromatic nitrogens is 5. The van der Waals surface area contributed by atoms with Gasteiger partial charge in [-0.3, -0.25) is 4.57 Å². The maximum Gasteiger partial charge on any atom is 0.165 e. The van der Waals surface area contributed by atoms with Crippen molar-refractivity contribution in [2.24, 2.45) is 0 Å². The van der Waals surface area contributed by atoms with E-state index in [1.54, 1.807) is 0 Å². The average molecular weight is 636 g/mol. The molecule has 0 saturated heterocycles. The third kappa shape index (κ3) is 4.45. The Bertz CT molecular complexity index is 2480. The number of benzene rings is 4. The van der Waals surface area contributed by atoms with Gasteiger partial charge in [-0.15, -0.1) is 0 Å². The van der Waals surface area contributed by atoms with E-state index in [0.29, 0.717) is 11.6 Å². The molecule has 7 aromatic rings. The smallest absolute Gasteiger partial charge is 0.165 e. The number of hydrogen-bond acceptors (Lipinski definition) is 4. The van der Waals surface area contributed by atoms with E-state index in [1.807, 2.05) is 36.5 Å². The van der Waals surface area contributed by atoms with E-state index < -0.39 is 0 Å². The van der Waals surface area contributed by atoms with Crippen LogP contribution in [0.25, 0.3) is 67.1 Å². The first kappa shape index (κ1) is 29.5. The van der Waals surface area contributed by atoms with Crippen molar-refractivity contribution in [3.63, 3.8) is 0 Å². The highest BCUT2D eigenvalue weighted by Gasteiger charge is 2.46. The standard InChI is InChI=1S/C44H37N5/c1-43(2)33-21-13-11-19-31(33)38-34(44(43,3)4)24-25-36-39(38)32-20-12-14-22-35(32)49(36)37-26-23-30(27-45-37)42-47-40(28-15-7-5-8-16-28)46-41(48-42)29-17-9-6-10-18-29/h5-9,11-17,19-27H,10,18H2,1-4H3. The van der Waals surface area contributed by atoms with Crippen molar-refractivity contribution in [2.75, 3.05) is 0 Å². The zero-order valence-corrected chi connectivity index (χ0v) is 28.3. The first-order valence-electron chi connectivity index (χ1n) is 17.1. The lowest BCUT2D eigenvalue weighted by atomic mass is 9.55. The van der Waals surface area contributed by atoms with Crippen molar-refractivity contribution in [1.82, 2.24) is 24.5 Å². The molecule has 0 amide bonds. The Labute approximate surface area is 286 Å². The molecule has 5 nitrogen and oxygen atoms in total. The highest BCUT2D eigenvalue weighted by Crippen LogP contribution is 2.56. The molecule has 0 spiro atoms. The van der Waals surface area contributed by atoms with Gasteiger partial charge >= 0.3 is 0 Å². The van der Waals surface area contributed by atoms with Crippen molar-refractivity contribution >= 4 is 27.4 Å². The Morgan fingerprint density at radius 2 is 1.33 bits per heavy atom. The zero-order chi connectivity index (χ0) is 33.3. The summed E-state index contributed by atoms with van der Waals surface area (Å²) in [5, 5.41) is 2.51. The van der Waals surface area contributed by atoms with Gasteiger partial charge in [0.1, 0.15) is 5.82 Å². The van der Waals surface area contributed by atoms with E-state index in [4.69, 9.17) is 19.9 Å². The Morgan fingerprint density at radius 3 is 2.10 bits per heavy atom. The fraction of sp³-hybridized carbons (Fsp3) is 0.182. The second-order valence-electron chi connectivity index (χ2n) is 14.3. The quantitative estimate of drug-likeness (QED) is 0.193. The van der Waals surface area contributed by atoms with Crippen LogP contribution in [0.15, 0.2) is 128 Å². The zero-order valence-electron chi connectivity index (χ0n) is 28.3. The van der Waals surface area contributed by atoms with E-state index in [0.717, 1.165) is 52.2 Å². The Morgan fingerprint density at radius 1 is 0.612 bits per heavy atom. The molecule has 0 aliphatic heterocycles. The summed E-state index contributed by atoms with van der Waals surface area (Å²) in [6, 6.07) is 36.6. The summed E-state index contributed by atoms with van der Waals surface area (Å²) in [4.78, 5) is 19.9. The van der Waals surface area contributed by atoms with E-state index >= 15 is 0 Å². The number of hydrogen-bond donors (Lipinski definition) is 0. The second kappa shape index (κ2) is 10.9. The molecule has 0 saturated carbocycles. The third-order valence-electron chi connectivity index (χ3n) is 11.1. The normalized spacial score (nSPS) is 16.0. The molecule has 0 atom stereocenters. The number of para-hydroxylation sites is 1. The van der Waals surface area contributed by atoms with Crippen LogP contribution < -0.4 is 0 Å². The van der Waals surface area contributed by atoms with Crippen LogP contribution in [-0.2, 0) is 10.8 Å². The fourth-order valence-corrected chi connectivity index (χ4v) is 7.83. The molecule has 9 rings (SSSR count). The van der Waals surface area contributed by atoms with Gasteiger partial charge in [-0.25, -0.2) is 19.9 Å². The molecule has 0 bridgehead atoms. The highest BCUT2D eigenvalue weighted by atomic mass is 15.1. The minimum Gasteiger partial charge on any atom is -0.294 e. The molecule has 49 heavy (non-hydrogen) atoms. The fourth-order valence-electron chi connectivity index (χ4n) is 7.83. The summed E-state index contributed by atoms with van der Waals surface area (Å²) in [6.07, 6.45) is 10.2. The maximum atomic E-state index is 5.09. The lowest BCUT2D eigenvalue weighted by Crippen LogP contribution is -2.43. The van der Waals surface area contributed by atoms with Gasteiger partial charge in [-0.05, 0) is 75.8 Å². The van der Waals surface area contributed by atoms with Crippen LogP contribution in [0, 0.1) is 0 Å². The molecule has 0 unspecified atom stereocenters. The third-order valence-corrected chi connectivity index (χ3v) is 11.1. The summed E-state index contributed by atoms with van der Waals surface area (Å²) in [5.74, 6) is 2.86. The lowest BCUT2D eigenvalue weighted by molar-refractivity contribution is 0.299. The first-order valence-corrected chi connectivity index (χ1v) is 17.1. The molecule has 0 fully saturated rings. The summed E-state index contributed by atoms with van der Waals surface area (Å²) in [7, 11) is 0. The van der Waals surface area contributed by atoms with Crippen LogP contribution in [-0.4, -0.2) is 24.5 Å². The van der Waals surface area contributed by atoms with E-state index in [9.17, 15) is 0 Å². The number of nitrogens with zero attached hydrogens (tertiary/aromatic N) is 5. The molecule has 0 N–H and O–H groups in total. The van der Waals surface area contributed by atoms with E-state index in [-0.39, 0.29) is 10.8 Å². The van der Waals surface area contributed by atoms with Crippen LogP contribution in [0.2, 0.25) is 0 Å². The minimum absolute atomic E-state index is 0.0283. The number of allylic oxidation sites excluding steroid dienone is 4. The average Bonchev–Trinajstić information content (AvgIpc) is 3.49. The summed E-state index contributed by atoms with van der Waals surface area (Å²) >= 11 is 0. The van der Waals surface area contributed by atoms with Gasteiger partial charge in [-0.2, -0.15) is 0 Å². The molecule has 4 aromatic carbocycles. The van der Waals surface area contributed by atoms with Crippen molar-refractivity contribution in [3.05, 3.63) is 145 Å². The van der Waals surface area contributed by atoms with Crippen molar-refractivity contribution < 1.29 is 0 Å². The van der Waals surface area contributed by atoms with E-state index in [2.05, 4.69) is 123 Å². The Balaban J connectivity index is 1.22. The summed E-state index contributed by atoms with van der Waals surface area (Å²) in [6.45, 7) is 9.55. The van der Waals surface area contributed by atoms with Gasteiger partial charge in [0, 0.05) is 28.1 Å². The van der Waals surface area contributed by atoms with Crippen molar-refractivity contribution in [2.45, 2.75) is 51.4 Å². The maximum absolute atomic E-state index is 5.09. The highest BCUT2D eigenvalue weighted by molar-refractivity contribution is 6.17. The van der Waals surface area contributed by atoms with Gasteiger partial charge in [0.05, 0.1) is 11.0 Å². The van der Waals surface area contributed by atoms with Crippen LogP contribution in [0.1, 0.15) is 57.5 Å². The van der Waals surface area contributed by atoms with Crippen LogP contribution in [0.5, 0.6) is 0 Å². The summed E-state index contributed by atoms with van der Waals surface area (Å²) in [5.41, 5.74) is 10.6.